The van der Waals surface area contributed by atoms with Gasteiger partial charge in [0.25, 0.3) is 0 Å². The SMILES string of the molecule is N#Cc1ccc(-c2cc(-c3ccccc3)nc(-c3ccccc3)n2)c(-n2c3ccccc3c3ccc(-c4ccc(C(F)(F)F)cc4C(F)(F)F)cc32)c1. The lowest BCUT2D eigenvalue weighted by atomic mass is 9.96. The van der Waals surface area contributed by atoms with Crippen LogP contribution in [0.25, 0.3) is 72.5 Å². The first-order chi connectivity index (χ1) is 25.5. The van der Waals surface area contributed by atoms with Gasteiger partial charge in [-0.05, 0) is 59.7 Å². The summed E-state index contributed by atoms with van der Waals surface area (Å²) in [7, 11) is 0. The minimum atomic E-state index is -5.06. The van der Waals surface area contributed by atoms with E-state index in [2.05, 4.69) is 6.07 Å². The first-order valence-corrected chi connectivity index (χ1v) is 16.4. The molecule has 0 aliphatic heterocycles. The fourth-order valence-electron chi connectivity index (χ4n) is 6.67. The lowest BCUT2D eigenvalue weighted by molar-refractivity contribution is -0.142. The number of rotatable bonds is 5. The Hall–Kier alpha value is -6.73. The quantitative estimate of drug-likeness (QED) is 0.167. The molecule has 0 spiro atoms. The molecule has 53 heavy (non-hydrogen) atoms. The molecule has 0 aliphatic carbocycles. The second kappa shape index (κ2) is 12.8. The Bertz CT molecular complexity index is 2650. The van der Waals surface area contributed by atoms with Gasteiger partial charge in [0.2, 0.25) is 0 Å². The van der Waals surface area contributed by atoms with Gasteiger partial charge in [-0.2, -0.15) is 31.6 Å². The van der Waals surface area contributed by atoms with E-state index in [0.29, 0.717) is 56.5 Å². The van der Waals surface area contributed by atoms with Crippen LogP contribution in [0, 0.1) is 11.3 Å². The number of para-hydroxylation sites is 1. The number of hydrogen-bond acceptors (Lipinski definition) is 3. The molecule has 258 valence electrons. The molecule has 10 heteroatoms. The highest BCUT2D eigenvalue weighted by atomic mass is 19.4. The summed E-state index contributed by atoms with van der Waals surface area (Å²) in [5, 5.41) is 11.5. The average molecular weight is 711 g/mol. The lowest BCUT2D eigenvalue weighted by Crippen LogP contribution is -2.12. The van der Waals surface area contributed by atoms with Crippen LogP contribution in [-0.4, -0.2) is 14.5 Å². The largest absolute Gasteiger partial charge is 0.417 e. The van der Waals surface area contributed by atoms with Gasteiger partial charge in [0.05, 0.1) is 50.9 Å². The Balaban J connectivity index is 1.42. The first kappa shape index (κ1) is 33.4. The summed E-state index contributed by atoms with van der Waals surface area (Å²) < 4.78 is 85.5. The highest BCUT2D eigenvalue weighted by Gasteiger charge is 2.38. The van der Waals surface area contributed by atoms with E-state index in [9.17, 15) is 31.6 Å². The zero-order chi connectivity index (χ0) is 36.9. The smallest absolute Gasteiger partial charge is 0.308 e. The van der Waals surface area contributed by atoms with Crippen LogP contribution in [0.3, 0.4) is 0 Å². The number of halogens is 6. The van der Waals surface area contributed by atoms with Crippen molar-refractivity contribution >= 4 is 21.8 Å². The van der Waals surface area contributed by atoms with E-state index in [0.717, 1.165) is 22.6 Å². The van der Waals surface area contributed by atoms with Crippen molar-refractivity contribution in [2.75, 3.05) is 0 Å². The number of fused-ring (bicyclic) bond motifs is 3. The van der Waals surface area contributed by atoms with E-state index in [1.54, 1.807) is 30.3 Å². The molecule has 0 N–H and O–H groups in total. The molecule has 0 aliphatic rings. The lowest BCUT2D eigenvalue weighted by Gasteiger charge is -2.17. The molecule has 0 radical (unpaired) electrons. The van der Waals surface area contributed by atoms with Crippen LogP contribution < -0.4 is 0 Å². The van der Waals surface area contributed by atoms with Crippen molar-refractivity contribution in [2.45, 2.75) is 12.4 Å². The van der Waals surface area contributed by atoms with E-state index in [-0.39, 0.29) is 11.6 Å². The van der Waals surface area contributed by atoms with Gasteiger partial charge in [-0.1, -0.05) is 97.1 Å². The summed E-state index contributed by atoms with van der Waals surface area (Å²) >= 11 is 0. The van der Waals surface area contributed by atoms with Crippen LogP contribution in [0.1, 0.15) is 16.7 Å². The summed E-state index contributed by atoms with van der Waals surface area (Å²) in [6.45, 7) is 0. The highest BCUT2D eigenvalue weighted by molar-refractivity contribution is 6.10. The van der Waals surface area contributed by atoms with Gasteiger partial charge >= 0.3 is 12.4 Å². The van der Waals surface area contributed by atoms with Crippen molar-refractivity contribution in [1.29, 1.82) is 5.26 Å². The maximum absolute atomic E-state index is 14.3. The maximum Gasteiger partial charge on any atom is 0.417 e. The zero-order valence-corrected chi connectivity index (χ0v) is 27.4. The average Bonchev–Trinajstić information content (AvgIpc) is 3.50. The third-order valence-electron chi connectivity index (χ3n) is 9.11. The van der Waals surface area contributed by atoms with Crippen LogP contribution in [0.4, 0.5) is 26.3 Å². The van der Waals surface area contributed by atoms with Crippen molar-refractivity contribution in [1.82, 2.24) is 14.5 Å². The van der Waals surface area contributed by atoms with Crippen molar-refractivity contribution in [3.8, 4) is 56.8 Å². The summed E-state index contributed by atoms with van der Waals surface area (Å²) in [6.07, 6.45) is -10.0. The van der Waals surface area contributed by atoms with Crippen molar-refractivity contribution in [3.63, 3.8) is 0 Å². The number of benzene rings is 6. The van der Waals surface area contributed by atoms with Gasteiger partial charge < -0.3 is 4.57 Å². The van der Waals surface area contributed by atoms with Crippen molar-refractivity contribution < 1.29 is 26.3 Å². The van der Waals surface area contributed by atoms with Crippen LogP contribution in [0.2, 0.25) is 0 Å². The first-order valence-electron chi connectivity index (χ1n) is 16.4. The molecule has 0 fully saturated rings. The third-order valence-corrected chi connectivity index (χ3v) is 9.11. The number of alkyl halides is 6. The second-order valence-electron chi connectivity index (χ2n) is 12.4. The number of hydrogen-bond donors (Lipinski definition) is 0. The maximum atomic E-state index is 14.3. The molecular formula is C43H24F6N4. The van der Waals surface area contributed by atoms with Crippen molar-refractivity contribution in [3.05, 3.63) is 162 Å². The zero-order valence-electron chi connectivity index (χ0n) is 27.4. The Labute approximate surface area is 298 Å². The standard InChI is InChI=1S/C43H24F6N4/c44-42(45,46)30-17-20-31(35(23-30)43(47,48)49)29-16-19-33-32-13-7-8-14-38(32)53(40(33)22-29)39-21-26(25-50)15-18-34(39)37-24-36(27-9-3-1-4-10-27)51-41(52-37)28-11-5-2-6-12-28/h1-24H. The third kappa shape index (κ3) is 6.16. The summed E-state index contributed by atoms with van der Waals surface area (Å²) in [5.41, 5.74) is 2.32. The molecule has 8 aromatic rings. The van der Waals surface area contributed by atoms with Crippen molar-refractivity contribution in [2.24, 2.45) is 0 Å². The molecule has 8 rings (SSSR count). The predicted molar refractivity (Wildman–Crippen MR) is 193 cm³/mol. The summed E-state index contributed by atoms with van der Waals surface area (Å²) in [6, 6.07) is 42.0. The molecule has 0 amide bonds. The second-order valence-corrected chi connectivity index (χ2v) is 12.4. The van der Waals surface area contributed by atoms with Gasteiger partial charge in [-0.3, -0.25) is 0 Å². The molecule has 2 aromatic heterocycles. The van der Waals surface area contributed by atoms with Crippen LogP contribution in [0.15, 0.2) is 146 Å². The number of nitrogens with zero attached hydrogens (tertiary/aromatic N) is 4. The van der Waals surface area contributed by atoms with Gasteiger partial charge in [0.15, 0.2) is 5.82 Å². The van der Waals surface area contributed by atoms with E-state index in [1.807, 2.05) is 95.6 Å². The van der Waals surface area contributed by atoms with E-state index >= 15 is 0 Å². The van der Waals surface area contributed by atoms with E-state index < -0.39 is 29.0 Å². The number of nitriles is 1. The predicted octanol–water partition coefficient (Wildman–Crippen LogP) is 12.2. The summed E-state index contributed by atoms with van der Waals surface area (Å²) in [5.74, 6) is 0.462. The Morgan fingerprint density at radius 2 is 1.15 bits per heavy atom. The Morgan fingerprint density at radius 1 is 0.509 bits per heavy atom. The molecule has 0 saturated carbocycles. The molecule has 6 aromatic carbocycles. The molecule has 4 nitrogen and oxygen atoms in total. The Morgan fingerprint density at radius 3 is 1.85 bits per heavy atom. The monoisotopic (exact) mass is 710 g/mol. The minimum Gasteiger partial charge on any atom is -0.308 e. The summed E-state index contributed by atoms with van der Waals surface area (Å²) in [4.78, 5) is 9.88. The van der Waals surface area contributed by atoms with Gasteiger partial charge in [0.1, 0.15) is 0 Å². The normalized spacial score (nSPS) is 11.9. The molecule has 0 unspecified atom stereocenters. The van der Waals surface area contributed by atoms with Crippen LogP contribution >= 0.6 is 0 Å². The molecular weight excluding hydrogens is 686 g/mol. The molecule has 0 saturated heterocycles. The topological polar surface area (TPSA) is 54.5 Å². The van der Waals surface area contributed by atoms with E-state index in [1.165, 1.54) is 6.07 Å². The van der Waals surface area contributed by atoms with E-state index in [4.69, 9.17) is 9.97 Å². The highest BCUT2D eigenvalue weighted by Crippen LogP contribution is 2.43. The van der Waals surface area contributed by atoms with Gasteiger partial charge in [-0.25, -0.2) is 9.97 Å². The fraction of sp³-hybridized carbons (Fsp3) is 0.0465. The fourth-order valence-corrected chi connectivity index (χ4v) is 6.67. The molecule has 0 bridgehead atoms. The van der Waals surface area contributed by atoms with Crippen LogP contribution in [0.5, 0.6) is 0 Å². The number of aromatic nitrogens is 3. The van der Waals surface area contributed by atoms with Gasteiger partial charge in [0, 0.05) is 27.5 Å². The minimum absolute atomic E-state index is 0.0698. The molecule has 2 heterocycles. The van der Waals surface area contributed by atoms with Gasteiger partial charge in [-0.15, -0.1) is 0 Å². The Kier molecular flexibility index (Phi) is 8.07. The van der Waals surface area contributed by atoms with Crippen LogP contribution in [-0.2, 0) is 12.4 Å². The molecule has 0 atom stereocenters.